The predicted molar refractivity (Wildman–Crippen MR) is 60.0 cm³/mol. The van der Waals surface area contributed by atoms with Crippen LogP contribution in [-0.4, -0.2) is 29.3 Å². The lowest BCUT2D eigenvalue weighted by atomic mass is 10.1. The quantitative estimate of drug-likeness (QED) is 0.764. The van der Waals surface area contributed by atoms with E-state index in [4.69, 9.17) is 5.73 Å². The van der Waals surface area contributed by atoms with Crippen LogP contribution in [0.15, 0.2) is 6.07 Å². The van der Waals surface area contributed by atoms with Crippen LogP contribution >= 0.6 is 0 Å². The number of nitrogens with two attached hydrogens (primary N) is 1. The number of hydrogen-bond acceptors (Lipinski definition) is 3. The molecule has 1 aliphatic carbocycles. The van der Waals surface area contributed by atoms with E-state index in [2.05, 4.69) is 21.2 Å². The zero-order valence-corrected chi connectivity index (χ0v) is 8.95. The summed E-state index contributed by atoms with van der Waals surface area (Å²) in [7, 11) is 0. The number of H-pyrrole nitrogens is 1. The molecule has 1 saturated carbocycles. The van der Waals surface area contributed by atoms with Crippen molar-refractivity contribution in [2.24, 2.45) is 5.73 Å². The summed E-state index contributed by atoms with van der Waals surface area (Å²) in [6.45, 7) is 2.05. The highest BCUT2D eigenvalue weighted by Crippen LogP contribution is 2.39. The SMILES string of the molecule is N[C@H]1CCCN(c2cc(C3CC3)[nH]n2)C1. The number of aromatic amines is 1. The number of nitrogens with one attached hydrogen (secondary N) is 1. The molecular weight excluding hydrogens is 188 g/mol. The van der Waals surface area contributed by atoms with Gasteiger partial charge in [0.05, 0.1) is 0 Å². The van der Waals surface area contributed by atoms with Crippen LogP contribution in [0, 0.1) is 0 Å². The average molecular weight is 206 g/mol. The Balaban J connectivity index is 1.73. The van der Waals surface area contributed by atoms with Gasteiger partial charge < -0.3 is 10.6 Å². The molecule has 1 aromatic rings. The third kappa shape index (κ3) is 1.86. The van der Waals surface area contributed by atoms with Crippen LogP contribution in [0.5, 0.6) is 0 Å². The van der Waals surface area contributed by atoms with Crippen LogP contribution in [0.4, 0.5) is 5.82 Å². The van der Waals surface area contributed by atoms with Gasteiger partial charge >= 0.3 is 0 Å². The smallest absolute Gasteiger partial charge is 0.150 e. The number of hydrogen-bond donors (Lipinski definition) is 2. The van der Waals surface area contributed by atoms with Gasteiger partial charge in [-0.1, -0.05) is 0 Å². The maximum absolute atomic E-state index is 5.96. The number of nitrogens with zero attached hydrogens (tertiary/aromatic N) is 2. The highest BCUT2D eigenvalue weighted by atomic mass is 15.3. The summed E-state index contributed by atoms with van der Waals surface area (Å²) in [6.07, 6.45) is 4.98. The molecule has 0 bridgehead atoms. The van der Waals surface area contributed by atoms with Crippen molar-refractivity contribution in [3.63, 3.8) is 0 Å². The first-order valence-corrected chi connectivity index (χ1v) is 5.89. The summed E-state index contributed by atoms with van der Waals surface area (Å²) in [5.74, 6) is 1.84. The van der Waals surface area contributed by atoms with Gasteiger partial charge in [0.2, 0.25) is 0 Å². The Morgan fingerprint density at radius 1 is 1.40 bits per heavy atom. The molecule has 15 heavy (non-hydrogen) atoms. The molecule has 1 saturated heterocycles. The fourth-order valence-corrected chi connectivity index (χ4v) is 2.31. The van der Waals surface area contributed by atoms with Gasteiger partial charge in [0.15, 0.2) is 5.82 Å². The summed E-state index contributed by atoms with van der Waals surface area (Å²) >= 11 is 0. The molecule has 1 aromatic heterocycles. The van der Waals surface area contributed by atoms with Crippen molar-refractivity contribution in [3.05, 3.63) is 11.8 Å². The van der Waals surface area contributed by atoms with Crippen molar-refractivity contribution >= 4 is 5.82 Å². The summed E-state index contributed by atoms with van der Waals surface area (Å²) in [5, 5.41) is 7.53. The van der Waals surface area contributed by atoms with E-state index < -0.39 is 0 Å². The van der Waals surface area contributed by atoms with Crippen LogP contribution in [0.1, 0.15) is 37.3 Å². The lowest BCUT2D eigenvalue weighted by Gasteiger charge is -2.30. The van der Waals surface area contributed by atoms with Gasteiger partial charge in [0, 0.05) is 36.8 Å². The fraction of sp³-hybridized carbons (Fsp3) is 0.727. The maximum atomic E-state index is 5.96. The van der Waals surface area contributed by atoms with Crippen LogP contribution in [0.25, 0.3) is 0 Å². The minimum Gasteiger partial charge on any atom is -0.354 e. The molecule has 4 nitrogen and oxygen atoms in total. The third-order valence-electron chi connectivity index (χ3n) is 3.38. The van der Waals surface area contributed by atoms with E-state index in [1.807, 2.05) is 0 Å². The normalized spacial score (nSPS) is 27.0. The first-order valence-electron chi connectivity index (χ1n) is 5.89. The van der Waals surface area contributed by atoms with Crippen molar-refractivity contribution in [1.82, 2.24) is 10.2 Å². The van der Waals surface area contributed by atoms with Gasteiger partial charge in [0.1, 0.15) is 0 Å². The second kappa shape index (κ2) is 3.52. The fourth-order valence-electron chi connectivity index (χ4n) is 2.31. The van der Waals surface area contributed by atoms with E-state index in [0.29, 0.717) is 6.04 Å². The Labute approximate surface area is 89.8 Å². The van der Waals surface area contributed by atoms with E-state index in [0.717, 1.165) is 31.2 Å². The minimum absolute atomic E-state index is 0.319. The van der Waals surface area contributed by atoms with E-state index in [1.165, 1.54) is 25.0 Å². The molecule has 3 N–H and O–H groups in total. The number of rotatable bonds is 2. The minimum atomic E-state index is 0.319. The molecular formula is C11H18N4. The van der Waals surface area contributed by atoms with Gasteiger partial charge in [-0.2, -0.15) is 5.10 Å². The molecule has 0 spiro atoms. The Morgan fingerprint density at radius 3 is 3.00 bits per heavy atom. The Morgan fingerprint density at radius 2 is 2.27 bits per heavy atom. The first-order chi connectivity index (χ1) is 7.33. The van der Waals surface area contributed by atoms with Crippen LogP contribution in [-0.2, 0) is 0 Å². The van der Waals surface area contributed by atoms with Crippen molar-refractivity contribution in [3.8, 4) is 0 Å². The second-order valence-corrected chi connectivity index (χ2v) is 4.80. The lowest BCUT2D eigenvalue weighted by Crippen LogP contribution is -2.43. The first kappa shape index (κ1) is 9.21. The molecule has 2 aliphatic rings. The van der Waals surface area contributed by atoms with Crippen molar-refractivity contribution in [2.45, 2.75) is 37.6 Å². The van der Waals surface area contributed by atoms with Crippen LogP contribution in [0.2, 0.25) is 0 Å². The zero-order chi connectivity index (χ0) is 10.3. The van der Waals surface area contributed by atoms with Gasteiger partial charge in [-0.05, 0) is 25.7 Å². The summed E-state index contributed by atoms with van der Waals surface area (Å²) in [6, 6.07) is 2.52. The third-order valence-corrected chi connectivity index (χ3v) is 3.38. The van der Waals surface area contributed by atoms with Crippen LogP contribution in [0.3, 0.4) is 0 Å². The number of anilines is 1. The molecule has 3 rings (SSSR count). The molecule has 0 unspecified atom stereocenters. The second-order valence-electron chi connectivity index (χ2n) is 4.80. The standard InChI is InChI=1S/C11H18N4/c12-9-2-1-5-15(7-9)11-6-10(13-14-11)8-3-4-8/h6,8-9H,1-5,7,12H2,(H,13,14)/t9-/m0/s1. The molecule has 82 valence electrons. The molecule has 2 heterocycles. The Bertz CT molecular complexity index is 342. The molecule has 1 aliphatic heterocycles. The topological polar surface area (TPSA) is 57.9 Å². The summed E-state index contributed by atoms with van der Waals surface area (Å²) < 4.78 is 0. The predicted octanol–water partition coefficient (Wildman–Crippen LogP) is 1.21. The Hall–Kier alpha value is -1.03. The number of aromatic nitrogens is 2. The van der Waals surface area contributed by atoms with Crippen molar-refractivity contribution < 1.29 is 0 Å². The van der Waals surface area contributed by atoms with Gasteiger partial charge in [0.25, 0.3) is 0 Å². The van der Waals surface area contributed by atoms with E-state index >= 15 is 0 Å². The molecule has 4 heteroatoms. The lowest BCUT2D eigenvalue weighted by molar-refractivity contribution is 0.503. The van der Waals surface area contributed by atoms with Crippen molar-refractivity contribution in [2.75, 3.05) is 18.0 Å². The van der Waals surface area contributed by atoms with Gasteiger partial charge in [-0.15, -0.1) is 0 Å². The van der Waals surface area contributed by atoms with E-state index in [1.54, 1.807) is 0 Å². The van der Waals surface area contributed by atoms with E-state index in [-0.39, 0.29) is 0 Å². The molecule has 2 fully saturated rings. The highest BCUT2D eigenvalue weighted by Gasteiger charge is 2.27. The van der Waals surface area contributed by atoms with Gasteiger partial charge in [-0.3, -0.25) is 5.10 Å². The Kier molecular flexibility index (Phi) is 2.16. The molecule has 0 amide bonds. The molecule has 0 radical (unpaired) electrons. The van der Waals surface area contributed by atoms with E-state index in [9.17, 15) is 0 Å². The molecule has 1 atom stereocenters. The molecule has 0 aromatic carbocycles. The van der Waals surface area contributed by atoms with Gasteiger partial charge in [-0.25, -0.2) is 0 Å². The average Bonchev–Trinajstić information content (AvgIpc) is 2.97. The number of piperidine rings is 1. The zero-order valence-electron chi connectivity index (χ0n) is 8.95. The van der Waals surface area contributed by atoms with Crippen molar-refractivity contribution in [1.29, 1.82) is 0 Å². The monoisotopic (exact) mass is 206 g/mol. The summed E-state index contributed by atoms with van der Waals surface area (Å²) in [4.78, 5) is 2.30. The van der Waals surface area contributed by atoms with Crippen LogP contribution < -0.4 is 10.6 Å². The largest absolute Gasteiger partial charge is 0.354 e. The maximum Gasteiger partial charge on any atom is 0.150 e. The highest BCUT2D eigenvalue weighted by molar-refractivity contribution is 5.41. The summed E-state index contributed by atoms with van der Waals surface area (Å²) in [5.41, 5.74) is 7.27.